The molecular formula is C16H22N2O2. The van der Waals surface area contributed by atoms with Crippen LogP contribution in [0.5, 0.6) is 0 Å². The van der Waals surface area contributed by atoms with Crippen LogP contribution in [0.4, 0.5) is 0 Å². The van der Waals surface area contributed by atoms with E-state index < -0.39 is 0 Å². The molecule has 1 amide bonds. The summed E-state index contributed by atoms with van der Waals surface area (Å²) in [6.45, 7) is 6.27. The molecule has 0 saturated carbocycles. The Kier molecular flexibility index (Phi) is 7.41. The molecule has 0 heterocycles. The van der Waals surface area contributed by atoms with E-state index in [0.717, 1.165) is 5.56 Å². The maximum Gasteiger partial charge on any atom is 0.251 e. The van der Waals surface area contributed by atoms with E-state index in [2.05, 4.69) is 31.0 Å². The number of nitrogens with one attached hydrogen (secondary N) is 1. The van der Waals surface area contributed by atoms with Crippen LogP contribution in [0.1, 0.15) is 29.8 Å². The van der Waals surface area contributed by atoms with Crippen LogP contribution in [0.3, 0.4) is 0 Å². The van der Waals surface area contributed by atoms with Gasteiger partial charge in [0.1, 0.15) is 0 Å². The van der Waals surface area contributed by atoms with Crippen LogP contribution in [-0.4, -0.2) is 32.2 Å². The molecule has 0 spiro atoms. The lowest BCUT2D eigenvalue weighted by molar-refractivity contribution is 0.0886. The molecule has 1 aromatic carbocycles. The first-order chi connectivity index (χ1) is 9.63. The molecule has 4 heteroatoms. The minimum Gasteiger partial charge on any atom is -0.379 e. The van der Waals surface area contributed by atoms with Crippen LogP contribution < -0.4 is 11.1 Å². The Bertz CT molecular complexity index is 469. The van der Waals surface area contributed by atoms with E-state index >= 15 is 0 Å². The lowest BCUT2D eigenvalue weighted by atomic mass is 10.1. The lowest BCUT2D eigenvalue weighted by Gasteiger charge is -2.08. The maximum atomic E-state index is 11.8. The van der Waals surface area contributed by atoms with Crippen molar-refractivity contribution >= 4 is 5.91 Å². The van der Waals surface area contributed by atoms with E-state index in [-0.39, 0.29) is 5.91 Å². The molecule has 0 radical (unpaired) electrons. The van der Waals surface area contributed by atoms with E-state index in [1.54, 1.807) is 12.1 Å². The first kappa shape index (κ1) is 16.2. The number of amides is 1. The SMILES string of the molecule is CC(C)COCCNC(=O)c1ccc(C#CCN)cc1. The molecule has 0 atom stereocenters. The number of nitrogens with two attached hydrogens (primary N) is 1. The molecule has 0 aliphatic carbocycles. The zero-order valence-electron chi connectivity index (χ0n) is 12.1. The first-order valence-corrected chi connectivity index (χ1v) is 6.78. The number of hydrogen-bond acceptors (Lipinski definition) is 3. The van der Waals surface area contributed by atoms with Crippen LogP contribution >= 0.6 is 0 Å². The van der Waals surface area contributed by atoms with Crippen LogP contribution in [0, 0.1) is 17.8 Å². The van der Waals surface area contributed by atoms with Crippen molar-refractivity contribution in [2.45, 2.75) is 13.8 Å². The average molecular weight is 274 g/mol. The van der Waals surface area contributed by atoms with Crippen molar-refractivity contribution in [1.82, 2.24) is 5.32 Å². The number of carbonyl (C=O) groups excluding carboxylic acids is 1. The average Bonchev–Trinajstić information content (AvgIpc) is 2.44. The van der Waals surface area contributed by atoms with E-state index in [0.29, 0.717) is 37.8 Å². The zero-order chi connectivity index (χ0) is 14.8. The van der Waals surface area contributed by atoms with Gasteiger partial charge in [0, 0.05) is 24.3 Å². The van der Waals surface area contributed by atoms with Gasteiger partial charge in [-0.05, 0) is 30.2 Å². The van der Waals surface area contributed by atoms with Gasteiger partial charge in [0.2, 0.25) is 0 Å². The van der Waals surface area contributed by atoms with Gasteiger partial charge in [-0.15, -0.1) is 0 Å². The van der Waals surface area contributed by atoms with Crippen molar-refractivity contribution in [1.29, 1.82) is 0 Å². The van der Waals surface area contributed by atoms with Crippen LogP contribution in [-0.2, 0) is 4.74 Å². The van der Waals surface area contributed by atoms with Gasteiger partial charge in [0.05, 0.1) is 13.2 Å². The van der Waals surface area contributed by atoms with Crippen molar-refractivity contribution in [3.63, 3.8) is 0 Å². The Balaban J connectivity index is 2.36. The Labute approximate surface area is 120 Å². The van der Waals surface area contributed by atoms with Crippen molar-refractivity contribution in [2.75, 3.05) is 26.3 Å². The van der Waals surface area contributed by atoms with E-state index in [1.165, 1.54) is 0 Å². The smallest absolute Gasteiger partial charge is 0.251 e. The fraction of sp³-hybridized carbons (Fsp3) is 0.438. The van der Waals surface area contributed by atoms with Gasteiger partial charge in [0.15, 0.2) is 0 Å². The van der Waals surface area contributed by atoms with Gasteiger partial charge in [0.25, 0.3) is 5.91 Å². The fourth-order valence-corrected chi connectivity index (χ4v) is 1.52. The minimum absolute atomic E-state index is 0.100. The number of benzene rings is 1. The summed E-state index contributed by atoms with van der Waals surface area (Å²) in [6.07, 6.45) is 0. The second kappa shape index (κ2) is 9.13. The van der Waals surface area contributed by atoms with Crippen molar-refractivity contribution < 1.29 is 9.53 Å². The Morgan fingerprint density at radius 3 is 2.65 bits per heavy atom. The molecule has 0 aliphatic rings. The second-order valence-corrected chi connectivity index (χ2v) is 4.81. The molecule has 108 valence electrons. The van der Waals surface area contributed by atoms with E-state index in [4.69, 9.17) is 10.5 Å². The van der Waals surface area contributed by atoms with Gasteiger partial charge in [-0.2, -0.15) is 0 Å². The van der Waals surface area contributed by atoms with Gasteiger partial charge >= 0.3 is 0 Å². The molecule has 1 rings (SSSR count). The summed E-state index contributed by atoms with van der Waals surface area (Å²) in [7, 11) is 0. The topological polar surface area (TPSA) is 64.3 Å². The molecule has 3 N–H and O–H groups in total. The molecule has 1 aromatic rings. The summed E-state index contributed by atoms with van der Waals surface area (Å²) in [6, 6.07) is 7.13. The zero-order valence-corrected chi connectivity index (χ0v) is 12.1. The summed E-state index contributed by atoms with van der Waals surface area (Å²) in [5.41, 5.74) is 6.77. The summed E-state index contributed by atoms with van der Waals surface area (Å²) in [5.74, 6) is 6.09. The third-order valence-electron chi connectivity index (χ3n) is 2.47. The van der Waals surface area contributed by atoms with Crippen molar-refractivity contribution in [3.05, 3.63) is 35.4 Å². The predicted octanol–water partition coefficient (Wildman–Crippen LogP) is 1.40. The predicted molar refractivity (Wildman–Crippen MR) is 80.4 cm³/mol. The van der Waals surface area contributed by atoms with Gasteiger partial charge in [-0.1, -0.05) is 25.7 Å². The standard InChI is InChI=1S/C16H22N2O2/c1-13(2)12-20-11-10-18-16(19)15-7-5-14(6-8-15)4-3-9-17/h5-8,13H,9-12,17H2,1-2H3,(H,18,19). The summed E-state index contributed by atoms with van der Waals surface area (Å²) in [5, 5.41) is 2.82. The minimum atomic E-state index is -0.100. The second-order valence-electron chi connectivity index (χ2n) is 4.81. The Hall–Kier alpha value is -1.83. The highest BCUT2D eigenvalue weighted by Gasteiger charge is 2.04. The van der Waals surface area contributed by atoms with Crippen LogP contribution in [0.25, 0.3) is 0 Å². The molecular weight excluding hydrogens is 252 g/mol. The molecule has 0 fully saturated rings. The summed E-state index contributed by atoms with van der Waals surface area (Å²) < 4.78 is 5.40. The summed E-state index contributed by atoms with van der Waals surface area (Å²) in [4.78, 5) is 11.8. The van der Waals surface area contributed by atoms with Crippen LogP contribution in [0.15, 0.2) is 24.3 Å². The van der Waals surface area contributed by atoms with Gasteiger partial charge in [-0.3, -0.25) is 4.79 Å². The molecule has 0 aromatic heterocycles. The monoisotopic (exact) mass is 274 g/mol. The maximum absolute atomic E-state index is 11.8. The number of hydrogen-bond donors (Lipinski definition) is 2. The molecule has 4 nitrogen and oxygen atoms in total. The largest absolute Gasteiger partial charge is 0.379 e. The number of ether oxygens (including phenoxy) is 1. The quantitative estimate of drug-likeness (QED) is 0.609. The Morgan fingerprint density at radius 2 is 2.05 bits per heavy atom. The highest BCUT2D eigenvalue weighted by molar-refractivity contribution is 5.94. The normalized spacial score (nSPS) is 10.0. The number of rotatable bonds is 6. The molecule has 0 aliphatic heterocycles. The molecule has 0 bridgehead atoms. The highest BCUT2D eigenvalue weighted by Crippen LogP contribution is 2.03. The van der Waals surface area contributed by atoms with Gasteiger partial charge < -0.3 is 15.8 Å². The lowest BCUT2D eigenvalue weighted by Crippen LogP contribution is -2.27. The van der Waals surface area contributed by atoms with E-state index in [9.17, 15) is 4.79 Å². The molecule has 20 heavy (non-hydrogen) atoms. The van der Waals surface area contributed by atoms with E-state index in [1.807, 2.05) is 12.1 Å². The first-order valence-electron chi connectivity index (χ1n) is 6.78. The van der Waals surface area contributed by atoms with Crippen molar-refractivity contribution in [3.8, 4) is 11.8 Å². The summed E-state index contributed by atoms with van der Waals surface area (Å²) >= 11 is 0. The molecule has 0 saturated heterocycles. The number of carbonyl (C=O) groups is 1. The van der Waals surface area contributed by atoms with Crippen LogP contribution in [0.2, 0.25) is 0 Å². The Morgan fingerprint density at radius 1 is 1.35 bits per heavy atom. The van der Waals surface area contributed by atoms with Gasteiger partial charge in [-0.25, -0.2) is 0 Å². The third-order valence-corrected chi connectivity index (χ3v) is 2.47. The van der Waals surface area contributed by atoms with Crippen molar-refractivity contribution in [2.24, 2.45) is 11.7 Å². The highest BCUT2D eigenvalue weighted by atomic mass is 16.5. The molecule has 0 unspecified atom stereocenters. The third kappa shape index (κ3) is 6.37. The fourth-order valence-electron chi connectivity index (χ4n) is 1.52.